The maximum atomic E-state index is 11.9. The molecule has 0 aliphatic rings. The number of carbonyl (C=O) groups excluding carboxylic acids is 1. The van der Waals surface area contributed by atoms with Crippen molar-refractivity contribution in [3.8, 4) is 5.75 Å². The van der Waals surface area contributed by atoms with Gasteiger partial charge in [0.05, 0.1) is 11.1 Å². The molecule has 0 aliphatic carbocycles. The van der Waals surface area contributed by atoms with Gasteiger partial charge in [-0.25, -0.2) is 5.43 Å². The molecule has 3 rings (SSSR count). The highest BCUT2D eigenvalue weighted by molar-refractivity contribution is 6.01. The number of carbonyl (C=O) groups is 1. The number of hydrogen-bond acceptors (Lipinski definition) is 5. The number of hydrazone groups is 1. The molecule has 0 atom stereocenters. The van der Waals surface area contributed by atoms with Crippen LogP contribution in [0.2, 0.25) is 0 Å². The van der Waals surface area contributed by atoms with Crippen LogP contribution >= 0.6 is 0 Å². The van der Waals surface area contributed by atoms with Gasteiger partial charge < -0.3 is 9.30 Å². The Balaban J connectivity index is 1.65. The highest BCUT2D eigenvalue weighted by Crippen LogP contribution is 2.25. The minimum absolute atomic E-state index is 0.0338. The predicted octanol–water partition coefficient (Wildman–Crippen LogP) is 2.92. The molecule has 0 saturated heterocycles. The molecule has 0 spiro atoms. The largest absolute Gasteiger partial charge is 0.477 e. The van der Waals surface area contributed by atoms with Crippen LogP contribution in [-0.4, -0.2) is 28.2 Å². The number of nitrogens with zero attached hydrogens (tertiary/aromatic N) is 3. The van der Waals surface area contributed by atoms with Crippen LogP contribution in [0.25, 0.3) is 10.9 Å². The lowest BCUT2D eigenvalue weighted by molar-refractivity contribution is -0.385. The molecule has 138 valence electrons. The van der Waals surface area contributed by atoms with Gasteiger partial charge in [0.2, 0.25) is 0 Å². The van der Waals surface area contributed by atoms with Gasteiger partial charge in [-0.2, -0.15) is 5.10 Å². The van der Waals surface area contributed by atoms with Gasteiger partial charge in [-0.1, -0.05) is 30.3 Å². The summed E-state index contributed by atoms with van der Waals surface area (Å²) in [5, 5.41) is 16.0. The second-order valence-corrected chi connectivity index (χ2v) is 5.88. The van der Waals surface area contributed by atoms with E-state index in [2.05, 4.69) is 15.1 Å². The van der Waals surface area contributed by atoms with Gasteiger partial charge in [-0.05, 0) is 19.1 Å². The third-order valence-corrected chi connectivity index (χ3v) is 4.25. The first-order valence-electron chi connectivity index (χ1n) is 8.21. The Labute approximate surface area is 155 Å². The van der Waals surface area contributed by atoms with Crippen LogP contribution in [0.1, 0.15) is 11.3 Å². The first-order valence-corrected chi connectivity index (χ1v) is 8.21. The number of nitrogens with one attached hydrogen (secondary N) is 1. The third-order valence-electron chi connectivity index (χ3n) is 4.25. The minimum atomic E-state index is -0.561. The quantitative estimate of drug-likeness (QED) is 0.412. The lowest BCUT2D eigenvalue weighted by atomic mass is 10.1. The van der Waals surface area contributed by atoms with Crippen LogP contribution in [0.3, 0.4) is 0 Å². The highest BCUT2D eigenvalue weighted by atomic mass is 16.6. The Morgan fingerprint density at radius 1 is 1.26 bits per heavy atom. The molecule has 2 aromatic carbocycles. The lowest BCUT2D eigenvalue weighted by Gasteiger charge is -2.05. The summed E-state index contributed by atoms with van der Waals surface area (Å²) in [6.07, 6.45) is 1.58. The first kappa shape index (κ1) is 18.1. The number of para-hydroxylation sites is 3. The van der Waals surface area contributed by atoms with Crippen LogP contribution in [0.5, 0.6) is 5.75 Å². The average Bonchev–Trinajstić information content (AvgIpc) is 2.91. The normalized spacial score (nSPS) is 11.0. The van der Waals surface area contributed by atoms with Crippen molar-refractivity contribution in [2.75, 3.05) is 6.61 Å². The molecular weight excluding hydrogens is 348 g/mol. The molecule has 0 saturated carbocycles. The fraction of sp³-hybridized carbons (Fsp3) is 0.158. The zero-order valence-corrected chi connectivity index (χ0v) is 14.9. The molecule has 0 aliphatic heterocycles. The number of benzene rings is 2. The number of hydrogen-bond donors (Lipinski definition) is 1. The van der Waals surface area contributed by atoms with E-state index in [-0.39, 0.29) is 18.0 Å². The molecule has 0 unspecified atom stereocenters. The van der Waals surface area contributed by atoms with Gasteiger partial charge in [-0.15, -0.1) is 0 Å². The van der Waals surface area contributed by atoms with Crippen molar-refractivity contribution in [3.05, 3.63) is 69.9 Å². The predicted molar refractivity (Wildman–Crippen MR) is 102 cm³/mol. The van der Waals surface area contributed by atoms with E-state index in [9.17, 15) is 14.9 Å². The summed E-state index contributed by atoms with van der Waals surface area (Å²) in [5.74, 6) is -0.478. The van der Waals surface area contributed by atoms with Crippen molar-refractivity contribution in [2.45, 2.75) is 6.92 Å². The number of amides is 1. The van der Waals surface area contributed by atoms with Crippen LogP contribution in [0, 0.1) is 17.0 Å². The number of nitro groups is 1. The van der Waals surface area contributed by atoms with E-state index in [1.54, 1.807) is 12.3 Å². The molecule has 8 nitrogen and oxygen atoms in total. The van der Waals surface area contributed by atoms with E-state index >= 15 is 0 Å². The van der Waals surface area contributed by atoms with Crippen molar-refractivity contribution >= 4 is 28.7 Å². The molecule has 0 fully saturated rings. The molecule has 1 heterocycles. The average molecular weight is 366 g/mol. The van der Waals surface area contributed by atoms with E-state index in [0.29, 0.717) is 0 Å². The zero-order chi connectivity index (χ0) is 19.4. The molecule has 8 heteroatoms. The molecule has 1 amide bonds. The summed E-state index contributed by atoms with van der Waals surface area (Å²) in [6, 6.07) is 13.8. The smallest absolute Gasteiger partial charge is 0.310 e. The van der Waals surface area contributed by atoms with Crippen LogP contribution < -0.4 is 10.2 Å². The first-order chi connectivity index (χ1) is 13.0. The van der Waals surface area contributed by atoms with Gasteiger partial charge in [0.25, 0.3) is 5.91 Å². The molecular formula is C19H18N4O4. The van der Waals surface area contributed by atoms with Crippen molar-refractivity contribution < 1.29 is 14.5 Å². The molecule has 0 radical (unpaired) electrons. The Morgan fingerprint density at radius 2 is 1.96 bits per heavy atom. The number of aromatic nitrogens is 1. The maximum absolute atomic E-state index is 11.9. The van der Waals surface area contributed by atoms with E-state index in [1.807, 2.05) is 38.2 Å². The Morgan fingerprint density at radius 3 is 2.74 bits per heavy atom. The van der Waals surface area contributed by atoms with Crippen LogP contribution in [-0.2, 0) is 11.8 Å². The summed E-state index contributed by atoms with van der Waals surface area (Å²) < 4.78 is 7.28. The van der Waals surface area contributed by atoms with Gasteiger partial charge in [0.15, 0.2) is 12.4 Å². The number of rotatable bonds is 6. The summed E-state index contributed by atoms with van der Waals surface area (Å²) in [6.45, 7) is 1.59. The van der Waals surface area contributed by atoms with E-state index in [0.717, 1.165) is 22.2 Å². The summed E-state index contributed by atoms with van der Waals surface area (Å²) >= 11 is 0. The monoisotopic (exact) mass is 366 g/mol. The fourth-order valence-electron chi connectivity index (χ4n) is 2.79. The number of ether oxygens (including phenoxy) is 1. The number of fused-ring (bicyclic) bond motifs is 1. The highest BCUT2D eigenvalue weighted by Gasteiger charge is 2.15. The molecule has 1 N–H and O–H groups in total. The lowest BCUT2D eigenvalue weighted by Crippen LogP contribution is -2.24. The third kappa shape index (κ3) is 3.79. The Bertz CT molecular complexity index is 1040. The second-order valence-electron chi connectivity index (χ2n) is 5.88. The summed E-state index contributed by atoms with van der Waals surface area (Å²) in [4.78, 5) is 22.3. The zero-order valence-electron chi connectivity index (χ0n) is 14.9. The molecule has 3 aromatic rings. The molecule has 0 bridgehead atoms. The molecule has 27 heavy (non-hydrogen) atoms. The summed E-state index contributed by atoms with van der Waals surface area (Å²) in [5.41, 5.74) is 5.18. The standard InChI is InChI=1S/C19H18N4O4/c1-13-15(14-7-3-4-8-16(14)22(13)2)11-20-21-19(24)12-27-18-10-6-5-9-17(18)23(25)26/h3-11H,12H2,1-2H3,(H,21,24). The van der Waals surface area contributed by atoms with Crippen LogP contribution in [0.15, 0.2) is 53.6 Å². The van der Waals surface area contributed by atoms with Gasteiger partial charge in [-0.3, -0.25) is 14.9 Å². The van der Waals surface area contributed by atoms with Crippen molar-refractivity contribution in [1.29, 1.82) is 0 Å². The van der Waals surface area contributed by atoms with E-state index < -0.39 is 10.8 Å². The SMILES string of the molecule is Cc1c(C=NNC(=O)COc2ccccc2[N+](=O)[O-])c2ccccc2n1C. The van der Waals surface area contributed by atoms with E-state index in [1.165, 1.54) is 18.2 Å². The number of aryl methyl sites for hydroxylation is 1. The summed E-state index contributed by atoms with van der Waals surface area (Å²) in [7, 11) is 1.97. The Kier molecular flexibility index (Phi) is 5.16. The molecule has 1 aromatic heterocycles. The second kappa shape index (κ2) is 7.69. The van der Waals surface area contributed by atoms with Crippen LogP contribution in [0.4, 0.5) is 5.69 Å². The topological polar surface area (TPSA) is 98.8 Å². The Hall–Kier alpha value is -3.68. The van der Waals surface area contributed by atoms with Gasteiger partial charge in [0.1, 0.15) is 0 Å². The van der Waals surface area contributed by atoms with Gasteiger partial charge in [0, 0.05) is 35.3 Å². The van der Waals surface area contributed by atoms with Crippen molar-refractivity contribution in [1.82, 2.24) is 9.99 Å². The number of nitro benzene ring substituents is 1. The minimum Gasteiger partial charge on any atom is -0.477 e. The van der Waals surface area contributed by atoms with Crippen molar-refractivity contribution in [2.24, 2.45) is 12.1 Å². The fourth-order valence-corrected chi connectivity index (χ4v) is 2.79. The van der Waals surface area contributed by atoms with E-state index in [4.69, 9.17) is 4.74 Å². The maximum Gasteiger partial charge on any atom is 0.310 e. The van der Waals surface area contributed by atoms with Gasteiger partial charge >= 0.3 is 5.69 Å². The van der Waals surface area contributed by atoms with Crippen molar-refractivity contribution in [3.63, 3.8) is 0 Å².